The summed E-state index contributed by atoms with van der Waals surface area (Å²) in [5.41, 5.74) is 0.977. The second-order valence-electron chi connectivity index (χ2n) is 5.37. The molecule has 0 bridgehead atoms. The highest BCUT2D eigenvalue weighted by molar-refractivity contribution is 5.63. The number of para-hydroxylation sites is 2. The number of aliphatic hydroxyl groups is 1. The largest absolute Gasteiger partial charge is 0.516 e. The Morgan fingerprint density at radius 3 is 2.33 bits per heavy atom. The normalized spacial score (nSPS) is 11.6. The average molecular weight is 329 g/mol. The molecule has 2 aromatic carbocycles. The highest BCUT2D eigenvalue weighted by Crippen LogP contribution is 2.15. The quantitative estimate of drug-likeness (QED) is 0.453. The average Bonchev–Trinajstić information content (AvgIpc) is 2.60. The van der Waals surface area contributed by atoms with Crippen molar-refractivity contribution in [3.63, 3.8) is 0 Å². The number of hydrogen-bond acceptors (Lipinski definition) is 5. The van der Waals surface area contributed by atoms with Gasteiger partial charge >= 0.3 is 6.16 Å². The van der Waals surface area contributed by atoms with Gasteiger partial charge in [-0.05, 0) is 30.7 Å². The third kappa shape index (κ3) is 5.93. The van der Waals surface area contributed by atoms with Crippen molar-refractivity contribution < 1.29 is 19.4 Å². The van der Waals surface area contributed by atoms with Crippen molar-refractivity contribution in [2.24, 2.45) is 0 Å². The van der Waals surface area contributed by atoms with E-state index in [2.05, 4.69) is 6.92 Å². The number of hydrogen-bond donors (Lipinski definition) is 1. The summed E-state index contributed by atoms with van der Waals surface area (Å²) >= 11 is 0. The lowest BCUT2D eigenvalue weighted by Crippen LogP contribution is -2.36. The van der Waals surface area contributed by atoms with Crippen LogP contribution in [0.5, 0.6) is 5.75 Å². The van der Waals surface area contributed by atoms with Gasteiger partial charge in [0.1, 0.15) is 5.75 Å². The maximum Gasteiger partial charge on any atom is 0.516 e. The number of anilines is 1. The van der Waals surface area contributed by atoms with Crippen molar-refractivity contribution in [2.45, 2.75) is 26.1 Å². The van der Waals surface area contributed by atoms with Gasteiger partial charge in [0.25, 0.3) is 0 Å². The van der Waals surface area contributed by atoms with Crippen LogP contribution in [0.1, 0.15) is 19.8 Å². The Bertz CT molecular complexity index is 603. The van der Waals surface area contributed by atoms with Crippen molar-refractivity contribution in [3.8, 4) is 5.75 Å². The first-order chi connectivity index (χ1) is 11.7. The van der Waals surface area contributed by atoms with E-state index >= 15 is 0 Å². The number of benzene rings is 2. The topological polar surface area (TPSA) is 59.0 Å². The summed E-state index contributed by atoms with van der Waals surface area (Å²) < 4.78 is 9.95. The molecule has 128 valence electrons. The Morgan fingerprint density at radius 2 is 1.71 bits per heavy atom. The minimum atomic E-state index is -1.27. The van der Waals surface area contributed by atoms with Crippen molar-refractivity contribution in [3.05, 3.63) is 60.7 Å². The van der Waals surface area contributed by atoms with Gasteiger partial charge in [-0.2, -0.15) is 0 Å². The minimum absolute atomic E-state index is 0.188. The monoisotopic (exact) mass is 329 g/mol. The van der Waals surface area contributed by atoms with Crippen LogP contribution in [0.25, 0.3) is 0 Å². The molecule has 0 aromatic heterocycles. The predicted molar refractivity (Wildman–Crippen MR) is 93.1 cm³/mol. The maximum atomic E-state index is 11.7. The lowest BCUT2D eigenvalue weighted by Gasteiger charge is -2.26. The molecule has 2 aromatic rings. The highest BCUT2D eigenvalue weighted by atomic mass is 16.8. The smallest absolute Gasteiger partial charge is 0.402 e. The number of unbranched alkanes of at least 4 members (excludes halogenated alkanes) is 1. The number of aliphatic hydroxyl groups excluding tert-OH is 1. The summed E-state index contributed by atoms with van der Waals surface area (Å²) in [7, 11) is 0. The first-order valence-corrected chi connectivity index (χ1v) is 8.10. The van der Waals surface area contributed by atoms with E-state index in [0.29, 0.717) is 5.75 Å². The minimum Gasteiger partial charge on any atom is -0.402 e. The second kappa shape index (κ2) is 9.57. The lowest BCUT2D eigenvalue weighted by atomic mass is 10.2. The van der Waals surface area contributed by atoms with Crippen LogP contribution in [0.4, 0.5) is 10.5 Å². The SMILES string of the molecule is CCCCN(CC(O)OC(=O)Oc1ccccc1)c1ccccc1. The number of ether oxygens (including phenoxy) is 2. The van der Waals surface area contributed by atoms with E-state index in [9.17, 15) is 9.90 Å². The molecule has 1 unspecified atom stereocenters. The van der Waals surface area contributed by atoms with E-state index in [4.69, 9.17) is 9.47 Å². The van der Waals surface area contributed by atoms with Crippen LogP contribution in [0.3, 0.4) is 0 Å². The molecule has 0 aliphatic carbocycles. The van der Waals surface area contributed by atoms with E-state index < -0.39 is 12.4 Å². The summed E-state index contributed by atoms with van der Waals surface area (Å²) in [5.74, 6) is 0.376. The molecule has 5 nitrogen and oxygen atoms in total. The molecule has 0 aliphatic rings. The van der Waals surface area contributed by atoms with Gasteiger partial charge in [-0.25, -0.2) is 4.79 Å². The third-order valence-electron chi connectivity index (χ3n) is 3.46. The predicted octanol–water partition coefficient (Wildman–Crippen LogP) is 3.83. The van der Waals surface area contributed by atoms with Crippen LogP contribution < -0.4 is 9.64 Å². The Kier molecular flexibility index (Phi) is 7.11. The van der Waals surface area contributed by atoms with Crippen LogP contribution in [0.15, 0.2) is 60.7 Å². The fourth-order valence-electron chi connectivity index (χ4n) is 2.26. The van der Waals surface area contributed by atoms with Crippen molar-refractivity contribution >= 4 is 11.8 Å². The second-order valence-corrected chi connectivity index (χ2v) is 5.37. The van der Waals surface area contributed by atoms with E-state index in [1.165, 1.54) is 0 Å². The van der Waals surface area contributed by atoms with Crippen LogP contribution in [-0.2, 0) is 4.74 Å². The highest BCUT2D eigenvalue weighted by Gasteiger charge is 2.17. The van der Waals surface area contributed by atoms with Crippen LogP contribution in [-0.4, -0.2) is 30.6 Å². The third-order valence-corrected chi connectivity index (χ3v) is 3.46. The summed E-state index contributed by atoms with van der Waals surface area (Å²) in [6.07, 6.45) is -0.164. The van der Waals surface area contributed by atoms with Crippen LogP contribution in [0.2, 0.25) is 0 Å². The molecule has 0 amide bonds. The standard InChI is InChI=1S/C19H23NO4/c1-2-3-14-20(16-10-6-4-7-11-16)15-18(21)24-19(22)23-17-12-8-5-9-13-17/h4-13,18,21H,2-3,14-15H2,1H3. The molecule has 24 heavy (non-hydrogen) atoms. The van der Waals surface area contributed by atoms with Gasteiger partial charge in [-0.3, -0.25) is 0 Å². The van der Waals surface area contributed by atoms with Gasteiger partial charge in [-0.1, -0.05) is 49.7 Å². The number of rotatable bonds is 8. The fraction of sp³-hybridized carbons (Fsp3) is 0.316. The van der Waals surface area contributed by atoms with Gasteiger partial charge in [-0.15, -0.1) is 0 Å². The van der Waals surface area contributed by atoms with Crippen molar-refractivity contribution in [1.29, 1.82) is 0 Å². The molecule has 0 heterocycles. The Balaban J connectivity index is 1.89. The first-order valence-electron chi connectivity index (χ1n) is 8.10. The molecular weight excluding hydrogens is 306 g/mol. The van der Waals surface area contributed by atoms with Gasteiger partial charge in [0.2, 0.25) is 6.29 Å². The summed E-state index contributed by atoms with van der Waals surface area (Å²) in [5, 5.41) is 10.1. The van der Waals surface area contributed by atoms with E-state index in [0.717, 1.165) is 25.1 Å². The molecule has 1 atom stereocenters. The van der Waals surface area contributed by atoms with Gasteiger partial charge in [0.15, 0.2) is 0 Å². The summed E-state index contributed by atoms with van der Waals surface area (Å²) in [4.78, 5) is 13.7. The van der Waals surface area contributed by atoms with Crippen molar-refractivity contribution in [1.82, 2.24) is 0 Å². The zero-order valence-electron chi connectivity index (χ0n) is 13.8. The van der Waals surface area contributed by atoms with E-state index in [1.54, 1.807) is 24.3 Å². The summed E-state index contributed by atoms with van der Waals surface area (Å²) in [6.45, 7) is 3.07. The zero-order chi connectivity index (χ0) is 17.2. The fourth-order valence-corrected chi connectivity index (χ4v) is 2.26. The molecular formula is C19H23NO4. The van der Waals surface area contributed by atoms with Gasteiger partial charge in [0, 0.05) is 12.2 Å². The van der Waals surface area contributed by atoms with Gasteiger partial charge < -0.3 is 19.5 Å². The van der Waals surface area contributed by atoms with E-state index in [-0.39, 0.29) is 6.54 Å². The molecule has 0 fully saturated rings. The Morgan fingerprint density at radius 1 is 1.08 bits per heavy atom. The van der Waals surface area contributed by atoms with Crippen LogP contribution >= 0.6 is 0 Å². The molecule has 5 heteroatoms. The Labute approximate surface area is 142 Å². The molecule has 0 aliphatic heterocycles. The molecule has 0 saturated carbocycles. The molecule has 2 rings (SSSR count). The van der Waals surface area contributed by atoms with E-state index in [1.807, 2.05) is 41.3 Å². The maximum absolute atomic E-state index is 11.7. The Hall–Kier alpha value is -2.53. The van der Waals surface area contributed by atoms with Crippen LogP contribution in [0, 0.1) is 0 Å². The molecule has 0 saturated heterocycles. The molecule has 0 radical (unpaired) electrons. The first kappa shape index (κ1) is 17.8. The lowest BCUT2D eigenvalue weighted by molar-refractivity contribution is -0.0611. The molecule has 1 N–H and O–H groups in total. The molecule has 0 spiro atoms. The van der Waals surface area contributed by atoms with Gasteiger partial charge in [0.05, 0.1) is 6.54 Å². The van der Waals surface area contributed by atoms with Crippen molar-refractivity contribution in [2.75, 3.05) is 18.0 Å². The number of carbonyl (C=O) groups is 1. The number of carbonyl (C=O) groups excluding carboxylic acids is 1. The zero-order valence-corrected chi connectivity index (χ0v) is 13.8. The summed E-state index contributed by atoms with van der Waals surface area (Å²) in [6, 6.07) is 18.3. The number of nitrogens with zero attached hydrogens (tertiary/aromatic N) is 1.